The normalized spacial score (nSPS) is 15.2. The minimum absolute atomic E-state index is 0.137. The Morgan fingerprint density at radius 1 is 1.13 bits per heavy atom. The summed E-state index contributed by atoms with van der Waals surface area (Å²) in [5.41, 5.74) is -1.41. The predicted molar refractivity (Wildman–Crippen MR) is 115 cm³/mol. The molecule has 0 radical (unpaired) electrons. The molecule has 0 saturated heterocycles. The van der Waals surface area contributed by atoms with Crippen LogP contribution in [0, 0.1) is 0 Å². The third kappa shape index (κ3) is 4.57. The van der Waals surface area contributed by atoms with Gasteiger partial charge in [0.05, 0.1) is 11.4 Å². The van der Waals surface area contributed by atoms with Gasteiger partial charge in [-0.05, 0) is 55.3 Å². The fourth-order valence-electron chi connectivity index (χ4n) is 3.74. The monoisotopic (exact) mass is 428 g/mol. The van der Waals surface area contributed by atoms with Crippen LogP contribution in [0.2, 0.25) is 0 Å². The van der Waals surface area contributed by atoms with E-state index in [0.29, 0.717) is 22.5 Å². The van der Waals surface area contributed by atoms with Crippen molar-refractivity contribution in [2.75, 3.05) is 0 Å². The van der Waals surface area contributed by atoms with Crippen LogP contribution in [0.25, 0.3) is 16.9 Å². The number of pyridine rings is 1. The van der Waals surface area contributed by atoms with Gasteiger partial charge in [0.2, 0.25) is 0 Å². The highest BCUT2D eigenvalue weighted by Crippen LogP contribution is 2.38. The summed E-state index contributed by atoms with van der Waals surface area (Å²) in [5.74, 6) is -0.137. The van der Waals surface area contributed by atoms with Gasteiger partial charge in [0.1, 0.15) is 5.69 Å². The summed E-state index contributed by atoms with van der Waals surface area (Å²) in [6, 6.07) is 11.6. The number of nitrogens with zero attached hydrogens (tertiary/aromatic N) is 3. The molecule has 2 heterocycles. The van der Waals surface area contributed by atoms with E-state index in [0.717, 1.165) is 25.7 Å². The Morgan fingerprint density at radius 2 is 1.87 bits per heavy atom. The van der Waals surface area contributed by atoms with Crippen LogP contribution in [-0.4, -0.2) is 26.7 Å². The molecule has 1 aliphatic rings. The Morgan fingerprint density at radius 3 is 2.50 bits per heavy atom. The van der Waals surface area contributed by atoms with Crippen LogP contribution in [0.1, 0.15) is 48.2 Å². The number of rotatable bonds is 5. The molecule has 2 aromatic heterocycles. The van der Waals surface area contributed by atoms with Crippen LogP contribution in [0.4, 0.5) is 8.78 Å². The molecule has 1 atom stereocenters. The van der Waals surface area contributed by atoms with Gasteiger partial charge in [0.25, 0.3) is 11.6 Å². The smallest absolute Gasteiger partial charge is 0.300 e. The van der Waals surface area contributed by atoms with Gasteiger partial charge in [-0.1, -0.05) is 28.5 Å². The zero-order valence-corrected chi connectivity index (χ0v) is 17.5. The number of alkyl halides is 2. The van der Waals surface area contributed by atoms with Crippen molar-refractivity contribution >= 4 is 15.1 Å². The number of amides is 1. The van der Waals surface area contributed by atoms with Crippen molar-refractivity contribution in [3.63, 3.8) is 0 Å². The van der Waals surface area contributed by atoms with Gasteiger partial charge in [-0.2, -0.15) is 13.9 Å². The van der Waals surface area contributed by atoms with Gasteiger partial charge in [0.15, 0.2) is 0 Å². The van der Waals surface area contributed by atoms with E-state index in [1.807, 2.05) is 0 Å². The van der Waals surface area contributed by atoms with Gasteiger partial charge in [-0.25, -0.2) is 4.68 Å². The second-order valence-corrected chi connectivity index (χ2v) is 8.27. The highest BCUT2D eigenvalue weighted by Gasteiger charge is 2.31. The molecule has 156 valence electrons. The van der Waals surface area contributed by atoms with Crippen molar-refractivity contribution in [1.29, 1.82) is 0 Å². The van der Waals surface area contributed by atoms with E-state index in [1.54, 1.807) is 58.0 Å². The second-order valence-electron chi connectivity index (χ2n) is 7.55. The summed E-state index contributed by atoms with van der Waals surface area (Å²) in [5, 5.41) is 7.43. The standard InChI is InChI=1S/C22H23F2N4OP/c23-22(24,30)20-13-19(16-5-4-12-25-14-16)27-28(20)18-10-8-15(9-11-18)21(29)26-17-6-2-1-3-7-17/h4-5,8-14,17H,1-3,6-7,30H2,(H,26,29). The van der Waals surface area contributed by atoms with E-state index in [-0.39, 0.29) is 17.6 Å². The topological polar surface area (TPSA) is 59.8 Å². The van der Waals surface area contributed by atoms with Crippen molar-refractivity contribution in [1.82, 2.24) is 20.1 Å². The van der Waals surface area contributed by atoms with Crippen LogP contribution < -0.4 is 5.32 Å². The largest absolute Gasteiger partial charge is 0.349 e. The molecule has 3 aromatic rings. The van der Waals surface area contributed by atoms with Crippen LogP contribution in [0.15, 0.2) is 54.9 Å². The second kappa shape index (κ2) is 8.60. The minimum Gasteiger partial charge on any atom is -0.349 e. The zero-order valence-electron chi connectivity index (χ0n) is 16.4. The summed E-state index contributed by atoms with van der Waals surface area (Å²) < 4.78 is 29.6. The Kier molecular flexibility index (Phi) is 5.91. The third-order valence-corrected chi connectivity index (χ3v) is 5.62. The van der Waals surface area contributed by atoms with Crippen molar-refractivity contribution in [2.24, 2.45) is 0 Å². The van der Waals surface area contributed by atoms with Crippen molar-refractivity contribution < 1.29 is 13.6 Å². The average Bonchev–Trinajstić information content (AvgIpc) is 3.21. The first kappa shape index (κ1) is 20.6. The number of nitrogens with one attached hydrogen (secondary N) is 1. The number of hydrogen-bond acceptors (Lipinski definition) is 3. The molecule has 0 bridgehead atoms. The molecule has 1 aliphatic carbocycles. The lowest BCUT2D eigenvalue weighted by molar-refractivity contribution is 0.0925. The maximum atomic E-state index is 14.2. The summed E-state index contributed by atoms with van der Waals surface area (Å²) >= 11 is 0. The molecule has 1 fully saturated rings. The highest BCUT2D eigenvalue weighted by molar-refractivity contribution is 7.17. The Hall–Kier alpha value is -2.66. The van der Waals surface area contributed by atoms with Gasteiger partial charge in [0, 0.05) is 29.6 Å². The first-order valence-electron chi connectivity index (χ1n) is 10.0. The average molecular weight is 428 g/mol. The maximum Gasteiger partial charge on any atom is 0.300 e. The van der Waals surface area contributed by atoms with Gasteiger partial charge >= 0.3 is 0 Å². The molecular formula is C22H23F2N4OP. The summed E-state index contributed by atoms with van der Waals surface area (Å²) in [6.45, 7) is 0. The molecule has 1 aromatic carbocycles. The van der Waals surface area contributed by atoms with Gasteiger partial charge < -0.3 is 5.32 Å². The van der Waals surface area contributed by atoms with Gasteiger partial charge in [-0.3, -0.25) is 9.78 Å². The molecule has 1 amide bonds. The fraction of sp³-hybridized carbons (Fsp3) is 0.318. The minimum atomic E-state index is -3.16. The number of halogens is 2. The van der Waals surface area contributed by atoms with E-state index in [1.165, 1.54) is 17.2 Å². The Balaban J connectivity index is 1.60. The summed E-state index contributed by atoms with van der Waals surface area (Å²) in [7, 11) is 1.55. The predicted octanol–water partition coefficient (Wildman–Crippen LogP) is 4.92. The number of aromatic nitrogens is 3. The highest BCUT2D eigenvalue weighted by atomic mass is 31.0. The van der Waals surface area contributed by atoms with Crippen LogP contribution in [-0.2, 0) is 5.66 Å². The number of carbonyl (C=O) groups is 1. The number of hydrogen-bond donors (Lipinski definition) is 1. The lowest BCUT2D eigenvalue weighted by Crippen LogP contribution is -2.36. The number of benzene rings is 1. The third-order valence-electron chi connectivity index (χ3n) is 5.32. The van der Waals surface area contributed by atoms with E-state index < -0.39 is 5.66 Å². The quantitative estimate of drug-likeness (QED) is 0.587. The van der Waals surface area contributed by atoms with Crippen molar-refractivity contribution in [2.45, 2.75) is 43.8 Å². The van der Waals surface area contributed by atoms with Crippen LogP contribution in [0.3, 0.4) is 0 Å². The molecule has 5 nitrogen and oxygen atoms in total. The first-order chi connectivity index (χ1) is 14.4. The summed E-state index contributed by atoms with van der Waals surface area (Å²) in [4.78, 5) is 16.5. The molecular weight excluding hydrogens is 405 g/mol. The zero-order chi connectivity index (χ0) is 21.1. The maximum absolute atomic E-state index is 14.2. The van der Waals surface area contributed by atoms with Crippen molar-refractivity contribution in [3.05, 3.63) is 66.1 Å². The van der Waals surface area contributed by atoms with Crippen LogP contribution >= 0.6 is 9.24 Å². The Labute approximate surface area is 176 Å². The molecule has 0 aliphatic heterocycles. The van der Waals surface area contributed by atoms with E-state index in [4.69, 9.17) is 0 Å². The molecule has 8 heteroatoms. The van der Waals surface area contributed by atoms with E-state index >= 15 is 0 Å². The summed E-state index contributed by atoms with van der Waals surface area (Å²) in [6.07, 6.45) is 8.68. The van der Waals surface area contributed by atoms with Gasteiger partial charge in [-0.15, -0.1) is 0 Å². The van der Waals surface area contributed by atoms with Crippen molar-refractivity contribution in [3.8, 4) is 16.9 Å². The molecule has 30 heavy (non-hydrogen) atoms. The van der Waals surface area contributed by atoms with E-state index in [9.17, 15) is 13.6 Å². The first-order valence-corrected chi connectivity index (χ1v) is 10.6. The molecule has 4 rings (SSSR count). The lowest BCUT2D eigenvalue weighted by atomic mass is 9.95. The fourth-order valence-corrected chi connectivity index (χ4v) is 3.95. The lowest BCUT2D eigenvalue weighted by Gasteiger charge is -2.22. The molecule has 1 unspecified atom stereocenters. The molecule has 1 saturated carbocycles. The Bertz CT molecular complexity index is 1010. The SMILES string of the molecule is O=C(NC1CCCCC1)c1ccc(-n2nc(-c3cccnc3)cc2C(F)(F)P)cc1. The molecule has 0 spiro atoms. The molecule has 1 N–H and O–H groups in total. The van der Waals surface area contributed by atoms with Crippen LogP contribution in [0.5, 0.6) is 0 Å². The van der Waals surface area contributed by atoms with E-state index in [2.05, 4.69) is 15.4 Å². The number of carbonyl (C=O) groups excluding carboxylic acids is 1.